The SMILES string of the molecule is COc1cc(C)ccc1C(C)NCCC1=CCCCC1. The Morgan fingerprint density at radius 2 is 2.15 bits per heavy atom. The van der Waals surface area contributed by atoms with E-state index in [4.69, 9.17) is 4.74 Å². The molecule has 0 saturated carbocycles. The molecule has 2 nitrogen and oxygen atoms in total. The zero-order chi connectivity index (χ0) is 14.4. The molecule has 1 unspecified atom stereocenters. The van der Waals surface area contributed by atoms with E-state index in [0.717, 1.165) is 12.3 Å². The lowest BCUT2D eigenvalue weighted by atomic mass is 9.97. The van der Waals surface area contributed by atoms with Crippen molar-refractivity contribution in [1.82, 2.24) is 5.32 Å². The Bertz CT molecular complexity index is 464. The van der Waals surface area contributed by atoms with E-state index in [1.54, 1.807) is 12.7 Å². The van der Waals surface area contributed by atoms with Crippen LogP contribution in [0.4, 0.5) is 0 Å². The third-order valence-electron chi connectivity index (χ3n) is 4.14. The lowest BCUT2D eigenvalue weighted by Crippen LogP contribution is -2.21. The molecule has 0 saturated heterocycles. The maximum absolute atomic E-state index is 5.49. The van der Waals surface area contributed by atoms with E-state index in [2.05, 4.69) is 43.4 Å². The number of allylic oxidation sites excluding steroid dienone is 1. The zero-order valence-electron chi connectivity index (χ0n) is 13.0. The number of hydrogen-bond acceptors (Lipinski definition) is 2. The lowest BCUT2D eigenvalue weighted by Gasteiger charge is -2.19. The van der Waals surface area contributed by atoms with Crippen molar-refractivity contribution in [1.29, 1.82) is 0 Å². The van der Waals surface area contributed by atoms with Gasteiger partial charge in [0, 0.05) is 11.6 Å². The Balaban J connectivity index is 1.88. The van der Waals surface area contributed by atoms with Crippen LogP contribution in [0.25, 0.3) is 0 Å². The number of methoxy groups -OCH3 is 1. The summed E-state index contributed by atoms with van der Waals surface area (Å²) in [7, 11) is 1.75. The molecule has 1 aromatic carbocycles. The van der Waals surface area contributed by atoms with Gasteiger partial charge in [0.15, 0.2) is 0 Å². The summed E-state index contributed by atoms with van der Waals surface area (Å²) in [6.07, 6.45) is 8.92. The van der Waals surface area contributed by atoms with Crippen LogP contribution in [-0.2, 0) is 0 Å². The number of rotatable bonds is 6. The Morgan fingerprint density at radius 1 is 1.30 bits per heavy atom. The third kappa shape index (κ3) is 4.11. The van der Waals surface area contributed by atoms with E-state index in [1.165, 1.54) is 43.2 Å². The van der Waals surface area contributed by atoms with Gasteiger partial charge in [0.1, 0.15) is 5.75 Å². The van der Waals surface area contributed by atoms with Crippen molar-refractivity contribution in [2.75, 3.05) is 13.7 Å². The van der Waals surface area contributed by atoms with E-state index in [-0.39, 0.29) is 0 Å². The summed E-state index contributed by atoms with van der Waals surface area (Å²) < 4.78 is 5.49. The maximum atomic E-state index is 5.49. The highest BCUT2D eigenvalue weighted by Crippen LogP contribution is 2.26. The van der Waals surface area contributed by atoms with E-state index in [9.17, 15) is 0 Å². The number of ether oxygens (including phenoxy) is 1. The molecule has 0 bridgehead atoms. The van der Waals surface area contributed by atoms with Gasteiger partial charge in [0.25, 0.3) is 0 Å². The fourth-order valence-corrected chi connectivity index (χ4v) is 2.87. The summed E-state index contributed by atoms with van der Waals surface area (Å²) in [4.78, 5) is 0. The first-order valence-corrected chi connectivity index (χ1v) is 7.76. The predicted molar refractivity (Wildman–Crippen MR) is 85.3 cm³/mol. The second kappa shape index (κ2) is 7.49. The molecule has 1 atom stereocenters. The summed E-state index contributed by atoms with van der Waals surface area (Å²) in [5.74, 6) is 0.988. The summed E-state index contributed by atoms with van der Waals surface area (Å²) in [6, 6.07) is 6.76. The Morgan fingerprint density at radius 3 is 2.85 bits per heavy atom. The summed E-state index contributed by atoms with van der Waals surface area (Å²) in [5, 5.41) is 3.62. The van der Waals surface area contributed by atoms with Crippen LogP contribution in [0.5, 0.6) is 5.75 Å². The summed E-state index contributed by atoms with van der Waals surface area (Å²) in [5.41, 5.74) is 4.12. The second-order valence-electron chi connectivity index (χ2n) is 5.78. The largest absolute Gasteiger partial charge is 0.496 e. The van der Waals surface area contributed by atoms with E-state index < -0.39 is 0 Å². The van der Waals surface area contributed by atoms with Crippen LogP contribution in [-0.4, -0.2) is 13.7 Å². The number of nitrogens with one attached hydrogen (secondary N) is 1. The molecule has 0 radical (unpaired) electrons. The highest BCUT2D eigenvalue weighted by molar-refractivity contribution is 5.39. The number of benzene rings is 1. The minimum Gasteiger partial charge on any atom is -0.496 e. The maximum Gasteiger partial charge on any atom is 0.123 e. The van der Waals surface area contributed by atoms with Gasteiger partial charge >= 0.3 is 0 Å². The van der Waals surface area contributed by atoms with Crippen LogP contribution >= 0.6 is 0 Å². The van der Waals surface area contributed by atoms with E-state index in [1.807, 2.05) is 0 Å². The Hall–Kier alpha value is -1.28. The molecule has 1 aromatic rings. The van der Waals surface area contributed by atoms with Crippen molar-refractivity contribution in [2.45, 2.75) is 52.0 Å². The fraction of sp³-hybridized carbons (Fsp3) is 0.556. The number of aryl methyl sites for hydroxylation is 1. The predicted octanol–water partition coefficient (Wildman–Crippen LogP) is 4.54. The standard InChI is InChI=1S/C18H27NO/c1-14-9-10-17(18(13-14)20-3)15(2)19-12-11-16-7-5-4-6-8-16/h7,9-10,13,15,19H,4-6,8,11-12H2,1-3H3. The molecule has 1 aliphatic rings. The van der Waals surface area contributed by atoms with Gasteiger partial charge in [0.05, 0.1) is 7.11 Å². The van der Waals surface area contributed by atoms with Crippen LogP contribution in [0.3, 0.4) is 0 Å². The molecular weight excluding hydrogens is 246 g/mol. The van der Waals surface area contributed by atoms with Gasteiger partial charge in [-0.25, -0.2) is 0 Å². The van der Waals surface area contributed by atoms with Crippen molar-refractivity contribution in [3.8, 4) is 5.75 Å². The molecule has 0 fully saturated rings. The average molecular weight is 273 g/mol. The average Bonchev–Trinajstić information content (AvgIpc) is 2.48. The highest BCUT2D eigenvalue weighted by Gasteiger charge is 2.11. The zero-order valence-corrected chi connectivity index (χ0v) is 13.0. The summed E-state index contributed by atoms with van der Waals surface area (Å²) >= 11 is 0. The van der Waals surface area contributed by atoms with Gasteiger partial charge in [-0.3, -0.25) is 0 Å². The van der Waals surface area contributed by atoms with E-state index in [0.29, 0.717) is 6.04 Å². The van der Waals surface area contributed by atoms with Crippen LogP contribution in [0.1, 0.15) is 56.2 Å². The van der Waals surface area contributed by atoms with Gasteiger partial charge in [0.2, 0.25) is 0 Å². The van der Waals surface area contributed by atoms with Gasteiger partial charge in [-0.15, -0.1) is 0 Å². The van der Waals surface area contributed by atoms with Crippen molar-refractivity contribution < 1.29 is 4.74 Å². The van der Waals surface area contributed by atoms with Gasteiger partial charge < -0.3 is 10.1 Å². The first-order chi connectivity index (χ1) is 9.70. The Kier molecular flexibility index (Phi) is 5.66. The van der Waals surface area contributed by atoms with Crippen molar-refractivity contribution in [3.63, 3.8) is 0 Å². The van der Waals surface area contributed by atoms with Gasteiger partial charge in [-0.1, -0.05) is 23.8 Å². The van der Waals surface area contributed by atoms with Crippen molar-refractivity contribution in [3.05, 3.63) is 41.0 Å². The molecule has 0 aliphatic heterocycles. The fourth-order valence-electron chi connectivity index (χ4n) is 2.87. The normalized spacial score (nSPS) is 16.6. The highest BCUT2D eigenvalue weighted by atomic mass is 16.5. The molecule has 1 aliphatic carbocycles. The van der Waals surface area contributed by atoms with Crippen molar-refractivity contribution >= 4 is 0 Å². The minimum atomic E-state index is 0.328. The summed E-state index contributed by atoms with van der Waals surface area (Å²) in [6.45, 7) is 5.35. The topological polar surface area (TPSA) is 21.3 Å². The lowest BCUT2D eigenvalue weighted by molar-refractivity contribution is 0.401. The minimum absolute atomic E-state index is 0.328. The quantitative estimate of drug-likeness (QED) is 0.768. The molecule has 2 rings (SSSR count). The van der Waals surface area contributed by atoms with Gasteiger partial charge in [-0.05, 0) is 64.1 Å². The first-order valence-electron chi connectivity index (χ1n) is 7.76. The molecular formula is C18H27NO. The molecule has 0 heterocycles. The molecule has 2 heteroatoms. The molecule has 0 amide bonds. The molecule has 0 aromatic heterocycles. The molecule has 0 spiro atoms. The molecule has 110 valence electrons. The van der Waals surface area contributed by atoms with Crippen molar-refractivity contribution in [2.24, 2.45) is 0 Å². The Labute approximate surface area is 123 Å². The third-order valence-corrected chi connectivity index (χ3v) is 4.14. The van der Waals surface area contributed by atoms with Crippen LogP contribution in [0.2, 0.25) is 0 Å². The van der Waals surface area contributed by atoms with Crippen LogP contribution in [0.15, 0.2) is 29.8 Å². The monoisotopic (exact) mass is 273 g/mol. The smallest absolute Gasteiger partial charge is 0.123 e. The molecule has 1 N–H and O–H groups in total. The van der Waals surface area contributed by atoms with E-state index >= 15 is 0 Å². The van der Waals surface area contributed by atoms with Gasteiger partial charge in [-0.2, -0.15) is 0 Å². The second-order valence-corrected chi connectivity index (χ2v) is 5.78. The van der Waals surface area contributed by atoms with Crippen LogP contribution in [0, 0.1) is 6.92 Å². The molecule has 20 heavy (non-hydrogen) atoms. The number of hydrogen-bond donors (Lipinski definition) is 1. The van der Waals surface area contributed by atoms with Crippen LogP contribution < -0.4 is 10.1 Å². The first kappa shape index (κ1) is 15.1.